The molecule has 2 aliphatic heterocycles. The molecule has 0 aliphatic carbocycles. The zero-order valence-corrected chi connectivity index (χ0v) is 16.4. The van der Waals surface area contributed by atoms with Gasteiger partial charge in [-0.15, -0.1) is 0 Å². The van der Waals surface area contributed by atoms with Crippen molar-refractivity contribution in [2.24, 2.45) is 0 Å². The lowest BCUT2D eigenvalue weighted by atomic mass is 10.1. The van der Waals surface area contributed by atoms with Crippen LogP contribution in [0.1, 0.15) is 25.3 Å². The summed E-state index contributed by atoms with van der Waals surface area (Å²) in [6.45, 7) is 4.86. The fourth-order valence-electron chi connectivity index (χ4n) is 4.27. The second kappa shape index (κ2) is 8.05. The fraction of sp³-hybridized carbons (Fsp3) is 0.391. The van der Waals surface area contributed by atoms with Gasteiger partial charge in [0, 0.05) is 44.0 Å². The van der Waals surface area contributed by atoms with Crippen molar-refractivity contribution in [3.63, 3.8) is 0 Å². The summed E-state index contributed by atoms with van der Waals surface area (Å²) in [7, 11) is 0. The smallest absolute Gasteiger partial charge is 0.245 e. The van der Waals surface area contributed by atoms with Crippen molar-refractivity contribution in [2.75, 3.05) is 36.0 Å². The summed E-state index contributed by atoms with van der Waals surface area (Å²) in [5, 5.41) is 0. The van der Waals surface area contributed by atoms with Gasteiger partial charge < -0.3 is 9.80 Å². The molecule has 5 heteroatoms. The molecule has 146 valence electrons. The van der Waals surface area contributed by atoms with Crippen molar-refractivity contribution < 1.29 is 9.59 Å². The molecule has 0 bridgehead atoms. The van der Waals surface area contributed by atoms with Gasteiger partial charge in [-0.05, 0) is 43.5 Å². The molecule has 28 heavy (non-hydrogen) atoms. The molecule has 2 aromatic rings. The van der Waals surface area contributed by atoms with Gasteiger partial charge in [-0.1, -0.05) is 36.4 Å². The van der Waals surface area contributed by atoms with E-state index in [4.69, 9.17) is 0 Å². The minimum atomic E-state index is -0.477. The normalized spacial score (nSPS) is 18.5. The number of rotatable bonds is 3. The predicted octanol–water partition coefficient (Wildman–Crippen LogP) is 3.09. The second-order valence-electron chi connectivity index (χ2n) is 7.57. The van der Waals surface area contributed by atoms with Gasteiger partial charge in [-0.2, -0.15) is 0 Å². The SMILES string of the molecule is C[C@H](C(=O)N1CCN(c2ccccc2)CC1)N1C(=O)CCCc2ccccc21. The summed E-state index contributed by atoms with van der Waals surface area (Å²) in [5.74, 6) is 0.0893. The molecule has 2 aliphatic rings. The van der Waals surface area contributed by atoms with Gasteiger partial charge >= 0.3 is 0 Å². The first-order chi connectivity index (χ1) is 13.6. The van der Waals surface area contributed by atoms with E-state index in [1.807, 2.05) is 48.2 Å². The van der Waals surface area contributed by atoms with E-state index in [-0.39, 0.29) is 11.8 Å². The van der Waals surface area contributed by atoms with Crippen LogP contribution >= 0.6 is 0 Å². The van der Waals surface area contributed by atoms with Crippen LogP contribution in [0.25, 0.3) is 0 Å². The van der Waals surface area contributed by atoms with Gasteiger partial charge in [0.15, 0.2) is 0 Å². The first-order valence-electron chi connectivity index (χ1n) is 10.1. The number of amides is 2. The number of benzene rings is 2. The number of piperazine rings is 1. The first-order valence-corrected chi connectivity index (χ1v) is 10.1. The Bertz CT molecular complexity index is 844. The molecule has 2 amide bonds. The van der Waals surface area contributed by atoms with E-state index in [9.17, 15) is 9.59 Å². The number of hydrogen-bond acceptors (Lipinski definition) is 3. The minimum Gasteiger partial charge on any atom is -0.368 e. The minimum absolute atomic E-state index is 0.0396. The van der Waals surface area contributed by atoms with E-state index in [1.54, 1.807) is 4.90 Å². The molecule has 1 fully saturated rings. The molecule has 0 N–H and O–H groups in total. The Morgan fingerprint density at radius 3 is 2.32 bits per heavy atom. The highest BCUT2D eigenvalue weighted by Gasteiger charge is 2.33. The third-order valence-corrected chi connectivity index (χ3v) is 5.81. The molecule has 0 aromatic heterocycles. The number of hydrogen-bond donors (Lipinski definition) is 0. The first kappa shape index (κ1) is 18.5. The summed E-state index contributed by atoms with van der Waals surface area (Å²) in [6, 6.07) is 17.8. The second-order valence-corrected chi connectivity index (χ2v) is 7.57. The lowest BCUT2D eigenvalue weighted by molar-refractivity contribution is -0.134. The number of fused-ring (bicyclic) bond motifs is 1. The Kier molecular flexibility index (Phi) is 5.33. The van der Waals surface area contributed by atoms with Crippen LogP contribution in [-0.4, -0.2) is 48.9 Å². The lowest BCUT2D eigenvalue weighted by Gasteiger charge is -2.39. The van der Waals surface area contributed by atoms with Crippen LogP contribution in [-0.2, 0) is 16.0 Å². The maximum atomic E-state index is 13.2. The number of carbonyl (C=O) groups excluding carboxylic acids is 2. The third-order valence-electron chi connectivity index (χ3n) is 5.81. The third kappa shape index (κ3) is 3.61. The molecule has 2 aromatic carbocycles. The summed E-state index contributed by atoms with van der Waals surface area (Å²) < 4.78 is 0. The van der Waals surface area contributed by atoms with E-state index in [0.29, 0.717) is 19.5 Å². The molecule has 2 heterocycles. The highest BCUT2D eigenvalue weighted by molar-refractivity contribution is 6.01. The standard InChI is InChI=1S/C23H27N3O2/c1-18(26-21-12-6-5-8-19(21)9-7-13-22(26)27)23(28)25-16-14-24(15-17-25)20-10-3-2-4-11-20/h2-6,8,10-12,18H,7,9,13-17H2,1H3/t18-/m1/s1. The maximum Gasteiger partial charge on any atom is 0.245 e. The monoisotopic (exact) mass is 377 g/mol. The van der Waals surface area contributed by atoms with Crippen molar-refractivity contribution in [3.05, 3.63) is 60.2 Å². The molecular weight excluding hydrogens is 350 g/mol. The molecule has 0 spiro atoms. The lowest BCUT2D eigenvalue weighted by Crippen LogP contribution is -2.55. The van der Waals surface area contributed by atoms with E-state index in [1.165, 1.54) is 5.69 Å². The number of nitrogens with zero attached hydrogens (tertiary/aromatic N) is 3. The zero-order chi connectivity index (χ0) is 19.5. The summed E-state index contributed by atoms with van der Waals surface area (Å²) in [4.78, 5) is 32.0. The van der Waals surface area contributed by atoms with Crippen molar-refractivity contribution in [2.45, 2.75) is 32.2 Å². The van der Waals surface area contributed by atoms with Crippen LogP contribution in [0, 0.1) is 0 Å². The van der Waals surface area contributed by atoms with Crippen LogP contribution in [0.15, 0.2) is 54.6 Å². The molecule has 0 radical (unpaired) electrons. The zero-order valence-electron chi connectivity index (χ0n) is 16.4. The average Bonchev–Trinajstić information content (AvgIpc) is 2.91. The van der Waals surface area contributed by atoms with E-state index >= 15 is 0 Å². The van der Waals surface area contributed by atoms with Crippen LogP contribution < -0.4 is 9.80 Å². The molecule has 0 saturated carbocycles. The Morgan fingerprint density at radius 1 is 0.893 bits per heavy atom. The van der Waals surface area contributed by atoms with Gasteiger partial charge in [0.2, 0.25) is 11.8 Å². The van der Waals surface area contributed by atoms with Gasteiger partial charge in [0.1, 0.15) is 6.04 Å². The van der Waals surface area contributed by atoms with Crippen molar-refractivity contribution in [1.82, 2.24) is 4.90 Å². The molecular formula is C23H27N3O2. The van der Waals surface area contributed by atoms with Gasteiger partial charge in [0.05, 0.1) is 0 Å². The van der Waals surface area contributed by atoms with Crippen LogP contribution in [0.5, 0.6) is 0 Å². The quantitative estimate of drug-likeness (QED) is 0.826. The fourth-order valence-corrected chi connectivity index (χ4v) is 4.27. The van der Waals surface area contributed by atoms with E-state index < -0.39 is 6.04 Å². The van der Waals surface area contributed by atoms with Gasteiger partial charge in [-0.3, -0.25) is 14.5 Å². The Hall–Kier alpha value is -2.82. The predicted molar refractivity (Wildman–Crippen MR) is 112 cm³/mol. The molecule has 1 atom stereocenters. The summed E-state index contributed by atoms with van der Waals surface area (Å²) in [5.41, 5.74) is 3.25. The van der Waals surface area contributed by atoms with Crippen molar-refractivity contribution in [1.29, 1.82) is 0 Å². The molecule has 5 nitrogen and oxygen atoms in total. The summed E-state index contributed by atoms with van der Waals surface area (Å²) in [6.07, 6.45) is 2.21. The number of carbonyl (C=O) groups is 2. The Morgan fingerprint density at radius 2 is 1.57 bits per heavy atom. The highest BCUT2D eigenvalue weighted by Crippen LogP contribution is 2.29. The van der Waals surface area contributed by atoms with E-state index in [0.717, 1.165) is 37.2 Å². The number of aryl methyl sites for hydroxylation is 1. The average molecular weight is 377 g/mol. The largest absolute Gasteiger partial charge is 0.368 e. The van der Waals surface area contributed by atoms with Crippen LogP contribution in [0.4, 0.5) is 11.4 Å². The Labute approximate surface area is 166 Å². The Balaban J connectivity index is 1.47. The van der Waals surface area contributed by atoms with Crippen LogP contribution in [0.3, 0.4) is 0 Å². The maximum absolute atomic E-state index is 13.2. The van der Waals surface area contributed by atoms with Crippen molar-refractivity contribution in [3.8, 4) is 0 Å². The van der Waals surface area contributed by atoms with Gasteiger partial charge in [-0.25, -0.2) is 0 Å². The number of anilines is 2. The van der Waals surface area contributed by atoms with Gasteiger partial charge in [0.25, 0.3) is 0 Å². The molecule has 1 saturated heterocycles. The molecule has 4 rings (SSSR count). The highest BCUT2D eigenvalue weighted by atomic mass is 16.2. The van der Waals surface area contributed by atoms with Crippen molar-refractivity contribution >= 4 is 23.2 Å². The number of para-hydroxylation sites is 2. The topological polar surface area (TPSA) is 43.9 Å². The van der Waals surface area contributed by atoms with E-state index in [2.05, 4.69) is 23.1 Å². The van der Waals surface area contributed by atoms with Crippen LogP contribution in [0.2, 0.25) is 0 Å². The summed E-state index contributed by atoms with van der Waals surface area (Å²) >= 11 is 0. The molecule has 0 unspecified atom stereocenters.